The summed E-state index contributed by atoms with van der Waals surface area (Å²) in [6.07, 6.45) is 0.896. The van der Waals surface area contributed by atoms with Gasteiger partial charge in [0.15, 0.2) is 19.7 Å². The summed E-state index contributed by atoms with van der Waals surface area (Å²) in [6, 6.07) is 2.67. The van der Waals surface area contributed by atoms with Gasteiger partial charge in [0.25, 0.3) is 10.0 Å². The molecule has 0 aromatic carbocycles. The number of hydrogen-bond acceptors (Lipinski definition) is 12. The third-order valence-electron chi connectivity index (χ3n) is 7.85. The van der Waals surface area contributed by atoms with E-state index >= 15 is 0 Å². The number of nitrogens with two attached hydrogens (primary N) is 1. The first-order valence-corrected chi connectivity index (χ1v) is 22.8. The molecule has 46 heavy (non-hydrogen) atoms. The molecule has 4 heterocycles. The lowest BCUT2D eigenvalue weighted by Gasteiger charge is -2.43. The predicted octanol–water partition coefficient (Wildman–Crippen LogP) is 4.16. The fourth-order valence-corrected chi connectivity index (χ4v) is 15.6. The highest BCUT2D eigenvalue weighted by molar-refractivity contribution is 7.96. The third-order valence-corrected chi connectivity index (χ3v) is 19.3. The molecule has 4 atom stereocenters. The number of hydrogen-bond donors (Lipinski definition) is 3. The number of primary sulfonamides is 1. The van der Waals surface area contributed by atoms with Crippen LogP contribution in [-0.2, 0) is 39.7 Å². The Morgan fingerprint density at radius 2 is 1.33 bits per heavy atom. The molecule has 0 aliphatic carbocycles. The smallest absolute Gasteiger partial charge is 0.250 e. The highest BCUT2D eigenvalue weighted by atomic mass is 32.3. The molecule has 4 N–H and O–H groups in total. The molecule has 0 unspecified atom stereocenters. The number of rotatable bonds is 7. The zero-order valence-corrected chi connectivity index (χ0v) is 32.9. The SMILES string of the molecule is CCN([C@H]1C[C@H](C)S(=O)(=O)c2sc(S(N)(=O)=O)cc21)C(C)(C)C.CCN[C@H]1C[C@H](C)S(=O)(=O)c2sc(S(=O)(=O)NC(C)(C)C)cc21. The second kappa shape index (κ2) is 13.4. The molecule has 12 nitrogen and oxygen atoms in total. The number of sulfonamides is 2. The molecule has 2 aromatic heterocycles. The lowest BCUT2D eigenvalue weighted by atomic mass is 9.96. The van der Waals surface area contributed by atoms with Crippen molar-refractivity contribution in [2.45, 2.75) is 133 Å². The normalized spacial score (nSPS) is 24.5. The first kappa shape index (κ1) is 39.5. The van der Waals surface area contributed by atoms with Crippen LogP contribution < -0.4 is 15.2 Å². The van der Waals surface area contributed by atoms with Gasteiger partial charge < -0.3 is 5.32 Å². The number of nitrogens with zero attached hydrogens (tertiary/aromatic N) is 1. The number of fused-ring (bicyclic) bond motifs is 2. The maximum Gasteiger partial charge on any atom is 0.250 e. The van der Waals surface area contributed by atoms with E-state index in [1.807, 2.05) is 13.8 Å². The summed E-state index contributed by atoms with van der Waals surface area (Å²) in [6.45, 7) is 20.2. The highest BCUT2D eigenvalue weighted by Crippen LogP contribution is 2.46. The Balaban J connectivity index is 0.000000250. The molecule has 2 aliphatic rings. The van der Waals surface area contributed by atoms with Gasteiger partial charge in [-0.25, -0.2) is 43.5 Å². The predicted molar refractivity (Wildman–Crippen MR) is 184 cm³/mol. The molecule has 18 heteroatoms. The van der Waals surface area contributed by atoms with Gasteiger partial charge in [0.2, 0.25) is 10.0 Å². The molecule has 2 aliphatic heterocycles. The van der Waals surface area contributed by atoms with E-state index in [4.69, 9.17) is 5.14 Å². The molecule has 0 fully saturated rings. The van der Waals surface area contributed by atoms with E-state index in [0.29, 0.717) is 30.5 Å². The van der Waals surface area contributed by atoms with Crippen molar-refractivity contribution < 1.29 is 33.7 Å². The van der Waals surface area contributed by atoms with E-state index in [-0.39, 0.29) is 34.5 Å². The minimum absolute atomic E-state index is 0.0537. The summed E-state index contributed by atoms with van der Waals surface area (Å²) in [7, 11) is -14.6. The highest BCUT2D eigenvalue weighted by Gasteiger charge is 2.43. The molecule has 0 spiro atoms. The molecule has 0 bridgehead atoms. The van der Waals surface area contributed by atoms with Gasteiger partial charge in [-0.05, 0) is 93.5 Å². The molecule has 0 radical (unpaired) electrons. The van der Waals surface area contributed by atoms with Crippen LogP contribution in [0.1, 0.15) is 105 Å². The van der Waals surface area contributed by atoms with Crippen LogP contribution in [0.25, 0.3) is 0 Å². The van der Waals surface area contributed by atoms with E-state index in [1.54, 1.807) is 34.6 Å². The molecular weight excluding hydrogens is 713 g/mol. The standard InChI is InChI=1S/2C14H24N2O4S3/c1-6-16(14(3,4)5)11-7-9(2)22(17,18)13-10(11)8-12(21-13)23(15,19)20;1-6-15-11-7-9(2)22(17,18)13-10(11)8-12(21-13)23(19,20)16-14(3,4)5/h8-9,11H,6-7H2,1-5H3,(H2,15,19,20);8-9,11,15-16H,6-7H2,1-5H3/t2*9-,11-/m00/s1. The van der Waals surface area contributed by atoms with E-state index in [0.717, 1.165) is 29.2 Å². The van der Waals surface area contributed by atoms with Crippen molar-refractivity contribution in [2.75, 3.05) is 13.1 Å². The Bertz CT molecular complexity index is 1870. The van der Waals surface area contributed by atoms with Crippen molar-refractivity contribution in [3.63, 3.8) is 0 Å². The van der Waals surface area contributed by atoms with Crippen molar-refractivity contribution in [1.82, 2.24) is 14.9 Å². The Kier molecular flexibility index (Phi) is 11.5. The summed E-state index contributed by atoms with van der Waals surface area (Å²) < 4.78 is 102. The van der Waals surface area contributed by atoms with E-state index in [1.165, 1.54) is 12.1 Å². The minimum Gasteiger partial charge on any atom is -0.310 e. The lowest BCUT2D eigenvalue weighted by Crippen LogP contribution is -2.46. The van der Waals surface area contributed by atoms with Gasteiger partial charge >= 0.3 is 0 Å². The van der Waals surface area contributed by atoms with Crippen LogP contribution in [0.5, 0.6) is 0 Å². The van der Waals surface area contributed by atoms with Gasteiger partial charge in [-0.1, -0.05) is 13.8 Å². The van der Waals surface area contributed by atoms with Gasteiger partial charge in [0.1, 0.15) is 16.8 Å². The zero-order valence-electron chi connectivity index (χ0n) is 28.0. The monoisotopic (exact) mass is 760 g/mol. The van der Waals surface area contributed by atoms with E-state index < -0.39 is 55.8 Å². The fourth-order valence-electron chi connectivity index (χ4n) is 5.79. The largest absolute Gasteiger partial charge is 0.310 e. The van der Waals surface area contributed by atoms with Crippen LogP contribution in [-0.4, -0.2) is 73.2 Å². The average Bonchev–Trinajstić information content (AvgIpc) is 3.52. The Hall–Kier alpha value is -0.960. The second-order valence-corrected chi connectivity index (χ2v) is 24.7. The molecule has 0 amide bonds. The van der Waals surface area contributed by atoms with E-state index in [2.05, 4.69) is 35.7 Å². The minimum atomic E-state index is -3.92. The summed E-state index contributed by atoms with van der Waals surface area (Å²) in [5, 5.41) is 7.38. The Labute approximate surface area is 283 Å². The van der Waals surface area contributed by atoms with Crippen LogP contribution in [0.4, 0.5) is 0 Å². The van der Waals surface area contributed by atoms with Crippen molar-refractivity contribution in [2.24, 2.45) is 5.14 Å². The molecule has 0 saturated carbocycles. The first-order chi connectivity index (χ1) is 20.7. The fraction of sp³-hybridized carbons (Fsp3) is 0.714. The summed E-state index contributed by atoms with van der Waals surface area (Å²) >= 11 is 1.61. The van der Waals surface area contributed by atoms with Crippen LogP contribution in [0.3, 0.4) is 0 Å². The van der Waals surface area contributed by atoms with Gasteiger partial charge in [0.05, 0.1) is 10.5 Å². The second-order valence-electron chi connectivity index (χ2n) is 13.8. The van der Waals surface area contributed by atoms with Crippen molar-refractivity contribution in [3.8, 4) is 0 Å². The number of sulfone groups is 2. The van der Waals surface area contributed by atoms with Gasteiger partial charge in [-0.15, -0.1) is 22.7 Å². The maximum atomic E-state index is 12.6. The van der Waals surface area contributed by atoms with Gasteiger partial charge in [-0.3, -0.25) is 4.90 Å². The molecule has 4 rings (SSSR count). The molecule has 0 saturated heterocycles. The summed E-state index contributed by atoms with van der Waals surface area (Å²) in [5.74, 6) is 0. The van der Waals surface area contributed by atoms with Crippen LogP contribution in [0.15, 0.2) is 29.0 Å². The number of thiophene rings is 2. The third kappa shape index (κ3) is 8.25. The maximum absolute atomic E-state index is 12.6. The molecular formula is C28H48N4O8S6. The molecule has 2 aromatic rings. The van der Waals surface area contributed by atoms with Crippen LogP contribution in [0, 0.1) is 0 Å². The van der Waals surface area contributed by atoms with Crippen LogP contribution in [0.2, 0.25) is 0 Å². The topological polar surface area (TPSA) is 190 Å². The first-order valence-electron chi connectivity index (χ1n) is 15.0. The van der Waals surface area contributed by atoms with Crippen LogP contribution >= 0.6 is 22.7 Å². The Morgan fingerprint density at radius 3 is 1.78 bits per heavy atom. The summed E-state index contributed by atoms with van der Waals surface area (Å²) in [4.78, 5) is 2.21. The average molecular weight is 761 g/mol. The summed E-state index contributed by atoms with van der Waals surface area (Å²) in [5.41, 5.74) is 0.343. The Morgan fingerprint density at radius 1 is 0.848 bits per heavy atom. The van der Waals surface area contributed by atoms with Crippen molar-refractivity contribution >= 4 is 62.4 Å². The van der Waals surface area contributed by atoms with E-state index in [9.17, 15) is 33.7 Å². The lowest BCUT2D eigenvalue weighted by molar-refractivity contribution is 0.0800. The number of nitrogens with one attached hydrogen (secondary N) is 2. The van der Waals surface area contributed by atoms with Gasteiger partial charge in [-0.2, -0.15) is 0 Å². The zero-order chi connectivity index (χ0) is 35.4. The quantitative estimate of drug-likeness (QED) is 0.370. The van der Waals surface area contributed by atoms with Crippen molar-refractivity contribution in [3.05, 3.63) is 23.3 Å². The van der Waals surface area contributed by atoms with Crippen molar-refractivity contribution in [1.29, 1.82) is 0 Å². The molecule has 264 valence electrons. The van der Waals surface area contributed by atoms with Gasteiger partial charge in [0, 0.05) is 34.3 Å².